The first-order valence-electron chi connectivity index (χ1n) is 7.95. The Hall–Kier alpha value is -2.93. The molecule has 2 N–H and O–H groups in total. The van der Waals surface area contributed by atoms with E-state index < -0.39 is 4.92 Å². The van der Waals surface area contributed by atoms with Crippen LogP contribution < -0.4 is 10.6 Å². The quantitative estimate of drug-likeness (QED) is 0.598. The van der Waals surface area contributed by atoms with E-state index in [1.807, 2.05) is 32.3 Å². The van der Waals surface area contributed by atoms with E-state index in [0.29, 0.717) is 12.2 Å². The third kappa shape index (κ3) is 5.89. The predicted molar refractivity (Wildman–Crippen MR) is 97.7 cm³/mol. The molecule has 0 aliphatic heterocycles. The average molecular weight is 342 g/mol. The Morgan fingerprint density at radius 2 is 1.88 bits per heavy atom. The van der Waals surface area contributed by atoms with Crippen molar-refractivity contribution >= 4 is 17.4 Å². The fourth-order valence-electron chi connectivity index (χ4n) is 2.41. The van der Waals surface area contributed by atoms with Crippen LogP contribution in [0.4, 0.5) is 16.2 Å². The number of hydrogen-bond acceptors (Lipinski definition) is 4. The van der Waals surface area contributed by atoms with Gasteiger partial charge in [-0.3, -0.25) is 10.1 Å². The SMILES string of the molecule is CN(C)[C@H](CNC(=O)Nc1cccc([N+](=O)[O-])c1)Cc1ccccc1. The van der Waals surface area contributed by atoms with Gasteiger partial charge in [-0.1, -0.05) is 36.4 Å². The third-order valence-corrected chi connectivity index (χ3v) is 3.86. The second-order valence-corrected chi connectivity index (χ2v) is 5.95. The van der Waals surface area contributed by atoms with Crippen molar-refractivity contribution in [1.82, 2.24) is 10.2 Å². The van der Waals surface area contributed by atoms with Crippen LogP contribution in [0.3, 0.4) is 0 Å². The monoisotopic (exact) mass is 342 g/mol. The molecule has 0 radical (unpaired) electrons. The van der Waals surface area contributed by atoms with E-state index in [2.05, 4.69) is 27.7 Å². The van der Waals surface area contributed by atoms with Gasteiger partial charge in [0.2, 0.25) is 0 Å². The van der Waals surface area contributed by atoms with Crippen LogP contribution in [0.2, 0.25) is 0 Å². The van der Waals surface area contributed by atoms with Gasteiger partial charge in [0.25, 0.3) is 5.69 Å². The topological polar surface area (TPSA) is 87.5 Å². The second-order valence-electron chi connectivity index (χ2n) is 5.95. The second kappa shape index (κ2) is 8.79. The Morgan fingerprint density at radius 3 is 2.52 bits per heavy atom. The smallest absolute Gasteiger partial charge is 0.319 e. The molecular weight excluding hydrogens is 320 g/mol. The van der Waals surface area contributed by atoms with Gasteiger partial charge >= 0.3 is 6.03 Å². The van der Waals surface area contributed by atoms with Crippen LogP contribution in [-0.2, 0) is 6.42 Å². The van der Waals surface area contributed by atoms with Crippen LogP contribution in [0.5, 0.6) is 0 Å². The molecule has 0 fully saturated rings. The van der Waals surface area contributed by atoms with Gasteiger partial charge in [0.05, 0.1) is 4.92 Å². The molecule has 0 heterocycles. The molecule has 0 bridgehead atoms. The lowest BCUT2D eigenvalue weighted by molar-refractivity contribution is -0.384. The van der Waals surface area contributed by atoms with Crippen molar-refractivity contribution in [1.29, 1.82) is 0 Å². The first-order chi connectivity index (χ1) is 12.0. The maximum atomic E-state index is 12.1. The molecule has 2 amide bonds. The number of nitrogens with zero attached hydrogens (tertiary/aromatic N) is 2. The average Bonchev–Trinajstić information content (AvgIpc) is 2.59. The van der Waals surface area contributed by atoms with E-state index in [9.17, 15) is 14.9 Å². The standard InChI is InChI=1S/C18H22N4O3/c1-21(2)17(11-14-7-4-3-5-8-14)13-19-18(23)20-15-9-6-10-16(12-15)22(24)25/h3-10,12,17H,11,13H2,1-2H3,(H2,19,20,23)/t17-/m0/s1. The highest BCUT2D eigenvalue weighted by Crippen LogP contribution is 2.16. The Balaban J connectivity index is 1.90. The molecule has 0 aromatic heterocycles. The minimum absolute atomic E-state index is 0.0620. The van der Waals surface area contributed by atoms with Crippen molar-refractivity contribution in [2.75, 3.05) is 26.0 Å². The van der Waals surface area contributed by atoms with Crippen LogP contribution >= 0.6 is 0 Å². The zero-order valence-corrected chi connectivity index (χ0v) is 14.3. The summed E-state index contributed by atoms with van der Waals surface area (Å²) >= 11 is 0. The summed E-state index contributed by atoms with van der Waals surface area (Å²) in [6.07, 6.45) is 0.810. The van der Waals surface area contributed by atoms with Crippen molar-refractivity contribution in [3.05, 3.63) is 70.3 Å². The van der Waals surface area contributed by atoms with E-state index in [0.717, 1.165) is 6.42 Å². The number of urea groups is 1. The van der Waals surface area contributed by atoms with Gasteiger partial charge in [-0.15, -0.1) is 0 Å². The Labute approximate surface area is 146 Å². The van der Waals surface area contributed by atoms with Crippen LogP contribution in [0.25, 0.3) is 0 Å². The molecule has 2 aromatic rings. The Morgan fingerprint density at radius 1 is 1.16 bits per heavy atom. The van der Waals surface area contributed by atoms with Crippen LogP contribution in [0.15, 0.2) is 54.6 Å². The first-order valence-corrected chi connectivity index (χ1v) is 7.95. The number of rotatable bonds is 7. The third-order valence-electron chi connectivity index (χ3n) is 3.86. The lowest BCUT2D eigenvalue weighted by Crippen LogP contribution is -2.43. The van der Waals surface area contributed by atoms with Gasteiger partial charge in [0.1, 0.15) is 0 Å². The number of non-ortho nitro benzene ring substituents is 1. The van der Waals surface area contributed by atoms with E-state index in [1.54, 1.807) is 6.07 Å². The van der Waals surface area contributed by atoms with Gasteiger partial charge in [-0.25, -0.2) is 4.79 Å². The summed E-state index contributed by atoms with van der Waals surface area (Å²) in [4.78, 5) is 24.4. The van der Waals surface area contributed by atoms with E-state index in [-0.39, 0.29) is 17.8 Å². The number of amides is 2. The highest BCUT2D eigenvalue weighted by atomic mass is 16.6. The van der Waals surface area contributed by atoms with Crippen molar-refractivity contribution in [3.63, 3.8) is 0 Å². The molecule has 1 atom stereocenters. The summed E-state index contributed by atoms with van der Waals surface area (Å²) in [6.45, 7) is 0.461. The Bertz CT molecular complexity index is 719. The van der Waals surface area contributed by atoms with Crippen LogP contribution in [-0.4, -0.2) is 42.5 Å². The molecule has 0 saturated carbocycles. The number of benzene rings is 2. The van der Waals surface area contributed by atoms with Crippen molar-refractivity contribution in [2.24, 2.45) is 0 Å². The Kier molecular flexibility index (Phi) is 6.47. The highest BCUT2D eigenvalue weighted by Gasteiger charge is 2.14. The summed E-state index contributed by atoms with van der Waals surface area (Å²) in [5.74, 6) is 0. The summed E-state index contributed by atoms with van der Waals surface area (Å²) < 4.78 is 0. The zero-order valence-electron chi connectivity index (χ0n) is 14.3. The maximum Gasteiger partial charge on any atom is 0.319 e. The minimum atomic E-state index is -0.495. The molecule has 0 saturated heterocycles. The molecule has 0 aliphatic carbocycles. The number of hydrogen-bond donors (Lipinski definition) is 2. The van der Waals surface area contributed by atoms with Crippen LogP contribution in [0.1, 0.15) is 5.56 Å². The number of nitrogens with one attached hydrogen (secondary N) is 2. The van der Waals surface area contributed by atoms with Gasteiger partial charge in [0, 0.05) is 30.4 Å². The summed E-state index contributed by atoms with van der Waals surface area (Å²) in [7, 11) is 3.93. The number of carbonyl (C=O) groups excluding carboxylic acids is 1. The lowest BCUT2D eigenvalue weighted by Gasteiger charge is -2.24. The van der Waals surface area contributed by atoms with Crippen molar-refractivity contribution < 1.29 is 9.72 Å². The fourth-order valence-corrected chi connectivity index (χ4v) is 2.41. The molecule has 2 rings (SSSR count). The highest BCUT2D eigenvalue weighted by molar-refractivity contribution is 5.89. The van der Waals surface area contributed by atoms with E-state index in [4.69, 9.17) is 0 Å². The molecule has 2 aromatic carbocycles. The number of nitro groups is 1. The molecule has 132 valence electrons. The summed E-state index contributed by atoms with van der Waals surface area (Å²) in [5, 5.41) is 16.2. The first kappa shape index (κ1) is 18.4. The van der Waals surface area contributed by atoms with E-state index in [1.165, 1.54) is 23.8 Å². The van der Waals surface area contributed by atoms with E-state index >= 15 is 0 Å². The van der Waals surface area contributed by atoms with Crippen molar-refractivity contribution in [3.8, 4) is 0 Å². The maximum absolute atomic E-state index is 12.1. The lowest BCUT2D eigenvalue weighted by atomic mass is 10.1. The molecular formula is C18H22N4O3. The summed E-state index contributed by atoms with van der Waals surface area (Å²) in [5.41, 5.74) is 1.52. The predicted octanol–water partition coefficient (Wildman–Crippen LogP) is 2.89. The van der Waals surface area contributed by atoms with Crippen molar-refractivity contribution in [2.45, 2.75) is 12.5 Å². The molecule has 0 unspecified atom stereocenters. The molecule has 0 aliphatic rings. The molecule has 7 nitrogen and oxygen atoms in total. The molecule has 25 heavy (non-hydrogen) atoms. The minimum Gasteiger partial charge on any atom is -0.336 e. The largest absolute Gasteiger partial charge is 0.336 e. The number of likely N-dealkylation sites (N-methyl/N-ethyl adjacent to an activating group) is 1. The molecule has 7 heteroatoms. The van der Waals surface area contributed by atoms with Gasteiger partial charge in [-0.2, -0.15) is 0 Å². The number of nitro benzene ring substituents is 1. The van der Waals surface area contributed by atoms with Gasteiger partial charge in [-0.05, 0) is 32.1 Å². The number of anilines is 1. The number of carbonyl (C=O) groups is 1. The summed E-state index contributed by atoms with van der Waals surface area (Å²) in [6, 6.07) is 15.7. The normalized spacial score (nSPS) is 11.8. The zero-order chi connectivity index (χ0) is 18.2. The molecule has 0 spiro atoms. The van der Waals surface area contributed by atoms with Gasteiger partial charge < -0.3 is 15.5 Å². The fraction of sp³-hybridized carbons (Fsp3) is 0.278. The van der Waals surface area contributed by atoms with Gasteiger partial charge in [0.15, 0.2) is 0 Å². The van der Waals surface area contributed by atoms with Crippen LogP contribution in [0, 0.1) is 10.1 Å².